The molecule has 3 rings (SSSR count). The van der Waals surface area contributed by atoms with Crippen molar-refractivity contribution in [2.45, 2.75) is 33.6 Å². The maximum atomic E-state index is 11.7. The van der Waals surface area contributed by atoms with Gasteiger partial charge in [0.15, 0.2) is 11.5 Å². The number of imidazole rings is 1. The van der Waals surface area contributed by atoms with Crippen molar-refractivity contribution in [1.82, 2.24) is 19.5 Å². The van der Waals surface area contributed by atoms with Crippen molar-refractivity contribution in [3.63, 3.8) is 0 Å². The van der Waals surface area contributed by atoms with Gasteiger partial charge in [0.05, 0.1) is 18.1 Å². The molecule has 0 saturated carbocycles. The van der Waals surface area contributed by atoms with Crippen LogP contribution in [-0.4, -0.2) is 30.6 Å². The van der Waals surface area contributed by atoms with Gasteiger partial charge in [0.25, 0.3) is 0 Å². The van der Waals surface area contributed by atoms with E-state index in [9.17, 15) is 9.90 Å². The molecule has 7 nitrogen and oxygen atoms in total. The summed E-state index contributed by atoms with van der Waals surface area (Å²) in [7, 11) is 1.67. The van der Waals surface area contributed by atoms with E-state index in [4.69, 9.17) is 4.74 Å². The second kappa shape index (κ2) is 7.19. The van der Waals surface area contributed by atoms with E-state index in [-0.39, 0.29) is 11.6 Å². The molecule has 0 spiro atoms. The van der Waals surface area contributed by atoms with Crippen LogP contribution in [0.4, 0.5) is 0 Å². The number of carboxylic acids is 1. The minimum absolute atomic E-state index is 0.0296. The highest BCUT2D eigenvalue weighted by Gasteiger charge is 2.24. The number of para-hydroxylation sites is 1. The Morgan fingerprint density at radius 3 is 2.37 bits per heavy atom. The zero-order chi connectivity index (χ0) is 19.7. The summed E-state index contributed by atoms with van der Waals surface area (Å²) < 4.78 is 7.48. The summed E-state index contributed by atoms with van der Waals surface area (Å²) in [5.41, 5.74) is 3.12. The lowest BCUT2D eigenvalue weighted by Gasteiger charge is -2.11. The topological polar surface area (TPSA) is 90.1 Å². The van der Waals surface area contributed by atoms with Crippen molar-refractivity contribution >= 4 is 5.97 Å². The third-order valence-corrected chi connectivity index (χ3v) is 4.33. The quantitative estimate of drug-likeness (QED) is 0.731. The molecule has 0 aliphatic heterocycles. The Balaban J connectivity index is 2.04. The summed E-state index contributed by atoms with van der Waals surface area (Å²) in [5, 5.41) is 9.54. The first-order chi connectivity index (χ1) is 12.8. The SMILES string of the molecule is Cc1cccc(C)c1Oc1cncc(-c2nc(C(C)C)c(C(=O)O)n2C)n1. The molecule has 0 bridgehead atoms. The molecule has 0 aliphatic carbocycles. The van der Waals surface area contributed by atoms with Crippen molar-refractivity contribution in [3.05, 3.63) is 53.1 Å². The average molecular weight is 366 g/mol. The predicted molar refractivity (Wildman–Crippen MR) is 101 cm³/mol. The largest absolute Gasteiger partial charge is 0.477 e. The van der Waals surface area contributed by atoms with E-state index in [0.29, 0.717) is 23.1 Å². The zero-order valence-corrected chi connectivity index (χ0v) is 16.0. The summed E-state index contributed by atoms with van der Waals surface area (Å²) in [6, 6.07) is 5.90. The number of benzene rings is 1. The minimum atomic E-state index is -1.02. The standard InChI is InChI=1S/C20H22N4O3/c1-11(2)16-17(20(25)26)24(5)19(23-16)14-9-21-10-15(22-14)27-18-12(3)7-6-8-13(18)4/h6-11H,1-5H3,(H,25,26). The van der Waals surface area contributed by atoms with Crippen molar-refractivity contribution < 1.29 is 14.6 Å². The molecule has 140 valence electrons. The molecule has 2 aromatic heterocycles. The molecule has 0 fully saturated rings. The van der Waals surface area contributed by atoms with E-state index < -0.39 is 5.97 Å². The molecule has 1 aromatic carbocycles. The number of carboxylic acid groups (broad SMARTS) is 1. The Bertz CT molecular complexity index is 988. The van der Waals surface area contributed by atoms with Crippen LogP contribution in [0.3, 0.4) is 0 Å². The highest BCUT2D eigenvalue weighted by Crippen LogP contribution is 2.29. The number of nitrogens with zero attached hydrogens (tertiary/aromatic N) is 4. The fraction of sp³-hybridized carbons (Fsp3) is 0.300. The molecule has 2 heterocycles. The second-order valence-electron chi connectivity index (χ2n) is 6.75. The Morgan fingerprint density at radius 2 is 1.81 bits per heavy atom. The maximum absolute atomic E-state index is 11.7. The van der Waals surface area contributed by atoms with Crippen LogP contribution in [0.2, 0.25) is 0 Å². The lowest BCUT2D eigenvalue weighted by atomic mass is 10.1. The van der Waals surface area contributed by atoms with Crippen LogP contribution in [-0.2, 0) is 7.05 Å². The molecule has 0 atom stereocenters. The van der Waals surface area contributed by atoms with Crippen LogP contribution in [0, 0.1) is 13.8 Å². The monoisotopic (exact) mass is 366 g/mol. The fourth-order valence-electron chi connectivity index (χ4n) is 2.97. The minimum Gasteiger partial charge on any atom is -0.477 e. The number of hydrogen-bond acceptors (Lipinski definition) is 5. The maximum Gasteiger partial charge on any atom is 0.354 e. The van der Waals surface area contributed by atoms with E-state index in [2.05, 4.69) is 15.0 Å². The number of aryl methyl sites for hydroxylation is 2. The number of ether oxygens (including phenoxy) is 1. The first-order valence-corrected chi connectivity index (χ1v) is 8.66. The summed E-state index contributed by atoms with van der Waals surface area (Å²) in [4.78, 5) is 24.9. The van der Waals surface area contributed by atoms with Crippen LogP contribution in [0.5, 0.6) is 11.6 Å². The lowest BCUT2D eigenvalue weighted by Crippen LogP contribution is -2.09. The molecule has 7 heteroatoms. The zero-order valence-electron chi connectivity index (χ0n) is 16.0. The van der Waals surface area contributed by atoms with Gasteiger partial charge in [-0.1, -0.05) is 32.0 Å². The van der Waals surface area contributed by atoms with Gasteiger partial charge in [-0.3, -0.25) is 4.98 Å². The lowest BCUT2D eigenvalue weighted by molar-refractivity contribution is 0.0685. The summed E-state index contributed by atoms with van der Waals surface area (Å²) in [6.45, 7) is 7.74. The van der Waals surface area contributed by atoms with Gasteiger partial charge in [0.2, 0.25) is 5.88 Å². The predicted octanol–water partition coefficient (Wildman–Crippen LogP) is 4.11. The van der Waals surface area contributed by atoms with Gasteiger partial charge < -0.3 is 14.4 Å². The van der Waals surface area contributed by atoms with E-state index in [0.717, 1.165) is 16.9 Å². The van der Waals surface area contributed by atoms with Crippen molar-refractivity contribution in [2.24, 2.45) is 7.05 Å². The van der Waals surface area contributed by atoms with E-state index in [1.807, 2.05) is 45.9 Å². The molecule has 0 saturated heterocycles. The highest BCUT2D eigenvalue weighted by molar-refractivity contribution is 5.88. The number of aromatic carboxylic acids is 1. The van der Waals surface area contributed by atoms with Gasteiger partial charge in [0, 0.05) is 7.05 Å². The first kappa shape index (κ1) is 18.6. The summed E-state index contributed by atoms with van der Waals surface area (Å²) >= 11 is 0. The molecule has 3 aromatic rings. The Morgan fingerprint density at radius 1 is 1.15 bits per heavy atom. The van der Waals surface area contributed by atoms with Crippen LogP contribution in [0.15, 0.2) is 30.6 Å². The third-order valence-electron chi connectivity index (χ3n) is 4.33. The number of rotatable bonds is 5. The molecular formula is C20H22N4O3. The van der Waals surface area contributed by atoms with Gasteiger partial charge in [0.1, 0.15) is 11.4 Å². The third kappa shape index (κ3) is 3.53. The van der Waals surface area contributed by atoms with Crippen LogP contribution < -0.4 is 4.74 Å². The first-order valence-electron chi connectivity index (χ1n) is 8.66. The van der Waals surface area contributed by atoms with E-state index in [1.54, 1.807) is 13.2 Å². The normalized spacial score (nSPS) is 11.0. The summed E-state index contributed by atoms with van der Waals surface area (Å²) in [5.74, 6) is 0.457. The van der Waals surface area contributed by atoms with E-state index in [1.165, 1.54) is 10.8 Å². The molecule has 0 radical (unpaired) electrons. The number of carbonyl (C=O) groups is 1. The van der Waals surface area contributed by atoms with Crippen LogP contribution in [0.25, 0.3) is 11.5 Å². The average Bonchev–Trinajstić information content (AvgIpc) is 2.96. The number of aromatic nitrogens is 4. The molecule has 1 N–H and O–H groups in total. The molecule has 0 unspecified atom stereocenters. The smallest absolute Gasteiger partial charge is 0.354 e. The van der Waals surface area contributed by atoms with Crippen LogP contribution >= 0.6 is 0 Å². The molecule has 0 aliphatic rings. The Labute approximate surface area is 157 Å². The van der Waals surface area contributed by atoms with Gasteiger partial charge >= 0.3 is 5.97 Å². The van der Waals surface area contributed by atoms with Crippen molar-refractivity contribution in [1.29, 1.82) is 0 Å². The van der Waals surface area contributed by atoms with Crippen molar-refractivity contribution in [3.8, 4) is 23.1 Å². The van der Waals surface area contributed by atoms with Gasteiger partial charge in [-0.05, 0) is 30.9 Å². The summed E-state index contributed by atoms with van der Waals surface area (Å²) in [6.07, 6.45) is 3.08. The van der Waals surface area contributed by atoms with Crippen LogP contribution in [0.1, 0.15) is 47.1 Å². The van der Waals surface area contributed by atoms with Gasteiger partial charge in [-0.25, -0.2) is 14.8 Å². The van der Waals surface area contributed by atoms with Gasteiger partial charge in [-0.15, -0.1) is 0 Å². The molecular weight excluding hydrogens is 344 g/mol. The Hall–Kier alpha value is -3.22. The van der Waals surface area contributed by atoms with E-state index >= 15 is 0 Å². The van der Waals surface area contributed by atoms with Gasteiger partial charge in [-0.2, -0.15) is 0 Å². The molecule has 0 amide bonds. The highest BCUT2D eigenvalue weighted by atomic mass is 16.5. The fourth-order valence-corrected chi connectivity index (χ4v) is 2.97. The Kier molecular flexibility index (Phi) is 4.94. The second-order valence-corrected chi connectivity index (χ2v) is 6.75. The number of hydrogen-bond donors (Lipinski definition) is 1. The van der Waals surface area contributed by atoms with Crippen molar-refractivity contribution in [2.75, 3.05) is 0 Å². The molecule has 27 heavy (non-hydrogen) atoms.